The van der Waals surface area contributed by atoms with Crippen molar-refractivity contribution in [2.45, 2.75) is 57.9 Å². The van der Waals surface area contributed by atoms with Gasteiger partial charge in [-0.05, 0) is 68.2 Å². The lowest BCUT2D eigenvalue weighted by molar-refractivity contribution is -0.122. The predicted octanol–water partition coefficient (Wildman–Crippen LogP) is 4.01. The van der Waals surface area contributed by atoms with E-state index in [0.29, 0.717) is 12.5 Å². The van der Waals surface area contributed by atoms with Gasteiger partial charge in [0.15, 0.2) is 0 Å². The molecule has 1 aromatic rings. The van der Waals surface area contributed by atoms with Gasteiger partial charge in [-0.1, -0.05) is 12.5 Å². The zero-order valence-electron chi connectivity index (χ0n) is 12.3. The summed E-state index contributed by atoms with van der Waals surface area (Å²) >= 11 is 1.79. The molecule has 20 heavy (non-hydrogen) atoms. The van der Waals surface area contributed by atoms with E-state index in [0.717, 1.165) is 30.6 Å². The van der Waals surface area contributed by atoms with Gasteiger partial charge in [-0.3, -0.25) is 4.79 Å². The molecule has 2 aliphatic rings. The Morgan fingerprint density at radius 2 is 2.35 bits per heavy atom. The SMILES string of the molecule is C[C@@H](NC(=O)CCCc1cccs1)[C@H]1C[C@@H]2CC[C@@H]1C2. The second-order valence-electron chi connectivity index (χ2n) is 6.63. The van der Waals surface area contributed by atoms with Gasteiger partial charge in [0, 0.05) is 17.3 Å². The van der Waals surface area contributed by atoms with Gasteiger partial charge in [-0.15, -0.1) is 11.3 Å². The van der Waals surface area contributed by atoms with Gasteiger partial charge in [0.25, 0.3) is 0 Å². The van der Waals surface area contributed by atoms with Crippen LogP contribution in [0.5, 0.6) is 0 Å². The van der Waals surface area contributed by atoms with Gasteiger partial charge in [0.05, 0.1) is 0 Å². The number of fused-ring (bicyclic) bond motifs is 2. The van der Waals surface area contributed by atoms with Crippen molar-refractivity contribution in [1.29, 1.82) is 0 Å². The number of thiophene rings is 1. The summed E-state index contributed by atoms with van der Waals surface area (Å²) in [6.45, 7) is 2.21. The first kappa shape index (κ1) is 14.1. The minimum absolute atomic E-state index is 0.247. The third-order valence-electron chi connectivity index (χ3n) is 5.23. The van der Waals surface area contributed by atoms with Crippen molar-refractivity contribution in [2.75, 3.05) is 0 Å². The second-order valence-corrected chi connectivity index (χ2v) is 7.66. The van der Waals surface area contributed by atoms with Gasteiger partial charge in [-0.25, -0.2) is 0 Å². The smallest absolute Gasteiger partial charge is 0.220 e. The van der Waals surface area contributed by atoms with Crippen molar-refractivity contribution >= 4 is 17.2 Å². The Bertz CT molecular complexity index is 442. The third kappa shape index (κ3) is 3.25. The van der Waals surface area contributed by atoms with Crippen LogP contribution in [0.4, 0.5) is 0 Å². The summed E-state index contributed by atoms with van der Waals surface area (Å²) in [4.78, 5) is 13.4. The van der Waals surface area contributed by atoms with Crippen molar-refractivity contribution in [3.63, 3.8) is 0 Å². The molecular weight excluding hydrogens is 266 g/mol. The molecule has 0 spiro atoms. The molecule has 4 atom stereocenters. The molecule has 0 aliphatic heterocycles. The number of rotatable bonds is 6. The molecule has 3 rings (SSSR count). The molecular formula is C17H25NOS. The normalized spacial score (nSPS) is 29.6. The van der Waals surface area contributed by atoms with E-state index in [9.17, 15) is 4.79 Å². The van der Waals surface area contributed by atoms with Crippen molar-refractivity contribution in [2.24, 2.45) is 17.8 Å². The summed E-state index contributed by atoms with van der Waals surface area (Å²) in [7, 11) is 0. The van der Waals surface area contributed by atoms with Crippen LogP contribution >= 0.6 is 11.3 Å². The number of carbonyl (C=O) groups excluding carboxylic acids is 1. The maximum atomic E-state index is 12.0. The van der Waals surface area contributed by atoms with Gasteiger partial charge < -0.3 is 5.32 Å². The Hall–Kier alpha value is -0.830. The van der Waals surface area contributed by atoms with E-state index in [1.807, 2.05) is 0 Å². The average molecular weight is 291 g/mol. The molecule has 0 radical (unpaired) electrons. The van der Waals surface area contributed by atoms with E-state index >= 15 is 0 Å². The number of hydrogen-bond donors (Lipinski definition) is 1. The first-order valence-corrected chi connectivity index (χ1v) is 8.92. The highest BCUT2D eigenvalue weighted by molar-refractivity contribution is 7.09. The Kier molecular flexibility index (Phi) is 4.45. The molecule has 1 aromatic heterocycles. The summed E-state index contributed by atoms with van der Waals surface area (Å²) in [6.07, 6.45) is 8.27. The Morgan fingerprint density at radius 3 is 3.00 bits per heavy atom. The fourth-order valence-corrected chi connectivity index (χ4v) is 4.97. The predicted molar refractivity (Wildman–Crippen MR) is 83.8 cm³/mol. The van der Waals surface area contributed by atoms with Crippen LogP contribution in [0.3, 0.4) is 0 Å². The second kappa shape index (κ2) is 6.30. The molecule has 1 amide bonds. The fraction of sp³-hybridized carbons (Fsp3) is 0.706. The molecule has 1 heterocycles. The van der Waals surface area contributed by atoms with Crippen molar-refractivity contribution < 1.29 is 4.79 Å². The van der Waals surface area contributed by atoms with Crippen molar-refractivity contribution in [1.82, 2.24) is 5.32 Å². The number of aryl methyl sites for hydroxylation is 1. The van der Waals surface area contributed by atoms with Gasteiger partial charge in [-0.2, -0.15) is 0 Å². The molecule has 0 aromatic carbocycles. The largest absolute Gasteiger partial charge is 0.353 e. The van der Waals surface area contributed by atoms with E-state index in [4.69, 9.17) is 0 Å². The fourth-order valence-electron chi connectivity index (χ4n) is 4.22. The summed E-state index contributed by atoms with van der Waals surface area (Å²) < 4.78 is 0. The maximum Gasteiger partial charge on any atom is 0.220 e. The highest BCUT2D eigenvalue weighted by Gasteiger charge is 2.41. The van der Waals surface area contributed by atoms with E-state index in [1.54, 1.807) is 11.3 Å². The molecule has 0 unspecified atom stereocenters. The van der Waals surface area contributed by atoms with Crippen molar-refractivity contribution in [3.05, 3.63) is 22.4 Å². The van der Waals surface area contributed by atoms with E-state index < -0.39 is 0 Å². The molecule has 2 bridgehead atoms. The van der Waals surface area contributed by atoms with Crippen LogP contribution in [0.25, 0.3) is 0 Å². The first-order valence-electron chi connectivity index (χ1n) is 8.04. The molecule has 2 nitrogen and oxygen atoms in total. The minimum Gasteiger partial charge on any atom is -0.353 e. The van der Waals surface area contributed by atoms with E-state index in [2.05, 4.69) is 29.8 Å². The minimum atomic E-state index is 0.247. The van der Waals surface area contributed by atoms with Crippen LogP contribution in [-0.2, 0) is 11.2 Å². The summed E-state index contributed by atoms with van der Waals surface area (Å²) in [5.74, 6) is 2.84. The topological polar surface area (TPSA) is 29.1 Å². The molecule has 110 valence electrons. The van der Waals surface area contributed by atoms with Crippen LogP contribution in [-0.4, -0.2) is 11.9 Å². The molecule has 2 saturated carbocycles. The molecule has 0 saturated heterocycles. The first-order chi connectivity index (χ1) is 9.72. The quantitative estimate of drug-likeness (QED) is 0.843. The zero-order valence-corrected chi connectivity index (χ0v) is 13.1. The Balaban J connectivity index is 1.38. The van der Waals surface area contributed by atoms with E-state index in [1.165, 1.54) is 30.6 Å². The van der Waals surface area contributed by atoms with Crippen molar-refractivity contribution in [3.8, 4) is 0 Å². The monoisotopic (exact) mass is 291 g/mol. The standard InChI is InChI=1S/C17H25NOS/c1-12(16-11-13-7-8-14(16)10-13)18-17(19)6-2-4-15-5-3-9-20-15/h3,5,9,12-14,16H,2,4,6-8,10-11H2,1H3,(H,18,19)/t12-,13-,14-,16-/m1/s1. The molecule has 2 aliphatic carbocycles. The number of nitrogens with one attached hydrogen (secondary N) is 1. The number of carbonyl (C=O) groups is 1. The van der Waals surface area contributed by atoms with Crippen LogP contribution in [0.15, 0.2) is 17.5 Å². The maximum absolute atomic E-state index is 12.0. The number of amides is 1. The average Bonchev–Trinajstić information content (AvgIpc) is 3.15. The summed E-state index contributed by atoms with van der Waals surface area (Å²) in [5.41, 5.74) is 0. The summed E-state index contributed by atoms with van der Waals surface area (Å²) in [6, 6.07) is 4.61. The van der Waals surface area contributed by atoms with Crippen LogP contribution in [0, 0.1) is 17.8 Å². The lowest BCUT2D eigenvalue weighted by Crippen LogP contribution is -2.40. The zero-order chi connectivity index (χ0) is 13.9. The summed E-state index contributed by atoms with van der Waals surface area (Å²) in [5, 5.41) is 5.36. The molecule has 3 heteroatoms. The van der Waals surface area contributed by atoms with Crippen LogP contribution in [0.1, 0.15) is 50.3 Å². The Labute approximate surface area is 126 Å². The van der Waals surface area contributed by atoms with Gasteiger partial charge in [0.2, 0.25) is 5.91 Å². The number of hydrogen-bond acceptors (Lipinski definition) is 2. The Morgan fingerprint density at radius 1 is 1.45 bits per heavy atom. The lowest BCUT2D eigenvalue weighted by atomic mass is 9.84. The van der Waals surface area contributed by atoms with Gasteiger partial charge in [0.1, 0.15) is 0 Å². The van der Waals surface area contributed by atoms with Crippen LogP contribution < -0.4 is 5.32 Å². The van der Waals surface area contributed by atoms with E-state index in [-0.39, 0.29) is 5.91 Å². The molecule has 1 N–H and O–H groups in total. The third-order valence-corrected chi connectivity index (χ3v) is 6.17. The van der Waals surface area contributed by atoms with Gasteiger partial charge >= 0.3 is 0 Å². The lowest BCUT2D eigenvalue weighted by Gasteiger charge is -2.28. The molecule has 2 fully saturated rings. The highest BCUT2D eigenvalue weighted by atomic mass is 32.1. The van der Waals surface area contributed by atoms with Crippen LogP contribution in [0.2, 0.25) is 0 Å². The highest BCUT2D eigenvalue weighted by Crippen LogP contribution is 2.49.